The zero-order valence-electron chi connectivity index (χ0n) is 10.8. The fourth-order valence-corrected chi connectivity index (χ4v) is 2.68. The summed E-state index contributed by atoms with van der Waals surface area (Å²) in [5, 5.41) is 13.8. The monoisotopic (exact) mass is 287 g/mol. The van der Waals surface area contributed by atoms with E-state index in [0.29, 0.717) is 6.42 Å². The van der Waals surface area contributed by atoms with Crippen LogP contribution in [0.4, 0.5) is 5.69 Å². The molecule has 1 aromatic carbocycles. The van der Waals surface area contributed by atoms with Crippen molar-refractivity contribution in [2.24, 2.45) is 0 Å². The molecule has 0 aliphatic carbocycles. The van der Waals surface area contributed by atoms with Crippen LogP contribution in [-0.4, -0.2) is 33.0 Å². The van der Waals surface area contributed by atoms with Crippen LogP contribution in [0.25, 0.3) is 0 Å². The number of rotatable bonds is 7. The van der Waals surface area contributed by atoms with Gasteiger partial charge in [-0.2, -0.15) is 0 Å². The van der Waals surface area contributed by atoms with Crippen LogP contribution in [0.15, 0.2) is 29.2 Å². The van der Waals surface area contributed by atoms with Gasteiger partial charge in [-0.05, 0) is 26.5 Å². The van der Waals surface area contributed by atoms with Crippen molar-refractivity contribution in [3.63, 3.8) is 0 Å². The molecule has 7 nitrogen and oxygen atoms in total. The van der Waals surface area contributed by atoms with Gasteiger partial charge < -0.3 is 5.32 Å². The van der Waals surface area contributed by atoms with Gasteiger partial charge in [0.2, 0.25) is 10.0 Å². The summed E-state index contributed by atoms with van der Waals surface area (Å²) in [5.74, 6) is 0. The fourth-order valence-electron chi connectivity index (χ4n) is 1.47. The lowest BCUT2D eigenvalue weighted by atomic mass is 10.2. The summed E-state index contributed by atoms with van der Waals surface area (Å²) >= 11 is 0. The molecule has 1 aromatic rings. The molecule has 8 heteroatoms. The highest BCUT2D eigenvalue weighted by atomic mass is 32.2. The third kappa shape index (κ3) is 4.27. The molecule has 2 N–H and O–H groups in total. The number of nitro benzene ring substituents is 1. The molecule has 0 radical (unpaired) electrons. The van der Waals surface area contributed by atoms with E-state index in [-0.39, 0.29) is 17.5 Å². The zero-order valence-corrected chi connectivity index (χ0v) is 11.6. The summed E-state index contributed by atoms with van der Waals surface area (Å²) in [6.07, 6.45) is 0.594. The molecule has 0 heterocycles. The molecule has 0 spiro atoms. The minimum Gasteiger partial charge on any atom is -0.317 e. The van der Waals surface area contributed by atoms with Gasteiger partial charge in [0.05, 0.1) is 4.92 Å². The van der Waals surface area contributed by atoms with Crippen molar-refractivity contribution in [2.45, 2.75) is 24.3 Å². The van der Waals surface area contributed by atoms with Gasteiger partial charge in [-0.3, -0.25) is 10.1 Å². The lowest BCUT2D eigenvalue weighted by molar-refractivity contribution is -0.387. The van der Waals surface area contributed by atoms with Gasteiger partial charge in [0.15, 0.2) is 4.90 Å². The first kappa shape index (κ1) is 15.5. The summed E-state index contributed by atoms with van der Waals surface area (Å²) in [5.41, 5.74) is -0.420. The quantitative estimate of drug-likeness (QED) is 0.572. The summed E-state index contributed by atoms with van der Waals surface area (Å²) in [4.78, 5) is 9.79. The Bertz CT molecular complexity index is 545. The first-order valence-corrected chi connectivity index (χ1v) is 7.27. The predicted molar refractivity (Wildman–Crippen MR) is 71.4 cm³/mol. The summed E-state index contributed by atoms with van der Waals surface area (Å²) < 4.78 is 26.3. The van der Waals surface area contributed by atoms with Crippen molar-refractivity contribution in [1.29, 1.82) is 0 Å². The maximum Gasteiger partial charge on any atom is 0.289 e. The van der Waals surface area contributed by atoms with Gasteiger partial charge >= 0.3 is 0 Å². The molecule has 1 rings (SSSR count). The molecule has 0 amide bonds. The maximum absolute atomic E-state index is 12.0. The SMILES string of the molecule is CNC(C)CCNS(=O)(=O)c1ccccc1[N+](=O)[O-]. The average Bonchev–Trinajstić information content (AvgIpc) is 2.38. The number of sulfonamides is 1. The smallest absolute Gasteiger partial charge is 0.289 e. The minimum absolute atomic E-state index is 0.161. The van der Waals surface area contributed by atoms with Crippen LogP contribution in [0.1, 0.15) is 13.3 Å². The van der Waals surface area contributed by atoms with Crippen molar-refractivity contribution in [2.75, 3.05) is 13.6 Å². The maximum atomic E-state index is 12.0. The Morgan fingerprint density at radius 3 is 2.58 bits per heavy atom. The Morgan fingerprint density at radius 2 is 2.00 bits per heavy atom. The van der Waals surface area contributed by atoms with Gasteiger partial charge in [-0.15, -0.1) is 0 Å². The van der Waals surface area contributed by atoms with E-state index in [1.54, 1.807) is 7.05 Å². The molecular formula is C11H17N3O4S. The van der Waals surface area contributed by atoms with Gasteiger partial charge in [-0.1, -0.05) is 12.1 Å². The normalized spacial score (nSPS) is 13.2. The molecule has 19 heavy (non-hydrogen) atoms. The molecule has 0 aromatic heterocycles. The van der Waals surface area contributed by atoms with Gasteiger partial charge in [-0.25, -0.2) is 13.1 Å². The highest BCUT2D eigenvalue weighted by Gasteiger charge is 2.24. The van der Waals surface area contributed by atoms with Crippen molar-refractivity contribution in [1.82, 2.24) is 10.0 Å². The second-order valence-electron chi connectivity index (χ2n) is 4.10. The fraction of sp³-hybridized carbons (Fsp3) is 0.455. The minimum atomic E-state index is -3.86. The Labute approximate surface area is 112 Å². The molecule has 0 fully saturated rings. The van der Waals surface area contributed by atoms with Gasteiger partial charge in [0, 0.05) is 18.7 Å². The van der Waals surface area contributed by atoms with E-state index in [9.17, 15) is 18.5 Å². The van der Waals surface area contributed by atoms with E-state index in [4.69, 9.17) is 0 Å². The molecule has 1 unspecified atom stereocenters. The largest absolute Gasteiger partial charge is 0.317 e. The summed E-state index contributed by atoms with van der Waals surface area (Å²) in [6.45, 7) is 2.13. The van der Waals surface area contributed by atoms with Crippen molar-refractivity contribution in [3.05, 3.63) is 34.4 Å². The van der Waals surface area contributed by atoms with Crippen LogP contribution >= 0.6 is 0 Å². The number of nitrogens with one attached hydrogen (secondary N) is 2. The molecule has 0 saturated heterocycles. The van der Waals surface area contributed by atoms with Crippen molar-refractivity contribution < 1.29 is 13.3 Å². The Kier molecular flexibility index (Phi) is 5.40. The number of nitrogens with zero attached hydrogens (tertiary/aromatic N) is 1. The molecule has 0 aliphatic heterocycles. The third-order valence-electron chi connectivity index (χ3n) is 2.71. The second kappa shape index (κ2) is 6.60. The molecule has 0 saturated carbocycles. The number of hydrogen-bond donors (Lipinski definition) is 2. The van der Waals surface area contributed by atoms with Crippen LogP contribution in [0.2, 0.25) is 0 Å². The summed E-state index contributed by atoms with van der Waals surface area (Å²) in [6, 6.07) is 5.44. The van der Waals surface area contributed by atoms with Crippen LogP contribution in [0.3, 0.4) is 0 Å². The molecule has 1 atom stereocenters. The second-order valence-corrected chi connectivity index (χ2v) is 5.84. The number of hydrogen-bond acceptors (Lipinski definition) is 5. The number of nitro groups is 1. The third-order valence-corrected chi connectivity index (χ3v) is 4.22. The number of benzene rings is 1. The Hall–Kier alpha value is -1.51. The highest BCUT2D eigenvalue weighted by molar-refractivity contribution is 7.89. The van der Waals surface area contributed by atoms with Crippen LogP contribution < -0.4 is 10.0 Å². The summed E-state index contributed by atoms with van der Waals surface area (Å²) in [7, 11) is -2.08. The Morgan fingerprint density at radius 1 is 1.37 bits per heavy atom. The van der Waals surface area contributed by atoms with Crippen molar-refractivity contribution in [3.8, 4) is 0 Å². The van der Waals surface area contributed by atoms with E-state index in [1.165, 1.54) is 24.3 Å². The van der Waals surface area contributed by atoms with Crippen LogP contribution in [-0.2, 0) is 10.0 Å². The first-order chi connectivity index (χ1) is 8.88. The van der Waals surface area contributed by atoms with Crippen molar-refractivity contribution >= 4 is 15.7 Å². The molecule has 106 valence electrons. The predicted octanol–water partition coefficient (Wildman–Crippen LogP) is 0.871. The van der Waals surface area contributed by atoms with E-state index < -0.39 is 20.6 Å². The lowest BCUT2D eigenvalue weighted by Gasteiger charge is -2.11. The standard InChI is InChI=1S/C11H17N3O4S/c1-9(12-2)7-8-13-19(17,18)11-6-4-3-5-10(11)14(15)16/h3-6,9,12-13H,7-8H2,1-2H3. The van der Waals surface area contributed by atoms with E-state index >= 15 is 0 Å². The first-order valence-electron chi connectivity index (χ1n) is 5.79. The average molecular weight is 287 g/mol. The van der Waals surface area contributed by atoms with E-state index in [2.05, 4.69) is 10.0 Å². The number of para-hydroxylation sites is 1. The van der Waals surface area contributed by atoms with Crippen LogP contribution in [0.5, 0.6) is 0 Å². The molecule has 0 aliphatic rings. The molecule has 0 bridgehead atoms. The highest BCUT2D eigenvalue weighted by Crippen LogP contribution is 2.22. The molecular weight excluding hydrogens is 270 g/mol. The zero-order chi connectivity index (χ0) is 14.5. The topological polar surface area (TPSA) is 101 Å². The van der Waals surface area contributed by atoms with Gasteiger partial charge in [0.1, 0.15) is 0 Å². The van der Waals surface area contributed by atoms with Gasteiger partial charge in [0.25, 0.3) is 5.69 Å². The van der Waals surface area contributed by atoms with E-state index in [0.717, 1.165) is 0 Å². The Balaban J connectivity index is 2.86. The lowest BCUT2D eigenvalue weighted by Crippen LogP contribution is -2.30. The van der Waals surface area contributed by atoms with Crippen LogP contribution in [0, 0.1) is 10.1 Å². The van der Waals surface area contributed by atoms with E-state index in [1.807, 2.05) is 6.92 Å².